The Kier molecular flexibility index (Phi) is 3.08. The van der Waals surface area contributed by atoms with Crippen molar-refractivity contribution in [3.63, 3.8) is 0 Å². The Balaban J connectivity index is 1.62. The number of aromatic nitrogens is 2. The normalized spacial score (nSPS) is 24.6. The van der Waals surface area contributed by atoms with Crippen LogP contribution < -0.4 is 10.6 Å². The molecule has 110 valence electrons. The highest BCUT2D eigenvalue weighted by atomic mass is 16.5. The van der Waals surface area contributed by atoms with Crippen molar-refractivity contribution in [2.45, 2.75) is 51.5 Å². The summed E-state index contributed by atoms with van der Waals surface area (Å²) in [5.74, 6) is 0.398. The predicted molar refractivity (Wildman–Crippen MR) is 73.4 cm³/mol. The Labute approximate surface area is 118 Å². The van der Waals surface area contributed by atoms with Crippen molar-refractivity contribution in [2.24, 2.45) is 5.41 Å². The molecule has 6 heteroatoms. The maximum atomic E-state index is 12.1. The molecule has 2 N–H and O–H groups in total. The molecule has 1 saturated heterocycles. The minimum atomic E-state index is -0.242. The molecule has 1 amide bonds. The van der Waals surface area contributed by atoms with Crippen LogP contribution in [-0.2, 0) is 5.41 Å². The summed E-state index contributed by atoms with van der Waals surface area (Å²) >= 11 is 0. The van der Waals surface area contributed by atoms with Gasteiger partial charge in [0.05, 0.1) is 0 Å². The molecule has 1 aliphatic carbocycles. The highest BCUT2D eigenvalue weighted by molar-refractivity contribution is 5.90. The van der Waals surface area contributed by atoms with Crippen LogP contribution in [0.1, 0.15) is 56.5 Å². The lowest BCUT2D eigenvalue weighted by Crippen LogP contribution is -2.36. The largest absolute Gasteiger partial charge is 0.345 e. The monoisotopic (exact) mass is 278 g/mol. The molecule has 1 atom stereocenters. The molecule has 6 nitrogen and oxygen atoms in total. The number of piperidine rings is 1. The van der Waals surface area contributed by atoms with E-state index in [9.17, 15) is 4.79 Å². The molecular formula is C14H22N4O2. The molecule has 2 aliphatic rings. The molecule has 0 bridgehead atoms. The second kappa shape index (κ2) is 4.55. The van der Waals surface area contributed by atoms with E-state index in [1.54, 1.807) is 0 Å². The fourth-order valence-electron chi connectivity index (χ4n) is 2.87. The average molecular weight is 278 g/mol. The van der Waals surface area contributed by atoms with Gasteiger partial charge in [0.2, 0.25) is 0 Å². The lowest BCUT2D eigenvalue weighted by molar-refractivity contribution is 0.0898. The summed E-state index contributed by atoms with van der Waals surface area (Å²) in [6, 6.07) is 0.266. The second-order valence-electron chi connectivity index (χ2n) is 7.02. The van der Waals surface area contributed by atoms with Crippen LogP contribution in [0.15, 0.2) is 4.52 Å². The lowest BCUT2D eigenvalue weighted by atomic mass is 9.94. The Hall–Kier alpha value is -1.43. The van der Waals surface area contributed by atoms with E-state index in [0.29, 0.717) is 11.2 Å². The third kappa shape index (κ3) is 2.44. The van der Waals surface area contributed by atoms with E-state index in [-0.39, 0.29) is 23.3 Å². The number of amides is 1. The summed E-state index contributed by atoms with van der Waals surface area (Å²) in [4.78, 5) is 16.3. The Morgan fingerprint density at radius 3 is 2.70 bits per heavy atom. The Bertz CT molecular complexity index is 511. The van der Waals surface area contributed by atoms with Crippen LogP contribution in [0, 0.1) is 5.41 Å². The number of hydrogen-bond acceptors (Lipinski definition) is 5. The zero-order valence-electron chi connectivity index (χ0n) is 12.3. The third-order valence-electron chi connectivity index (χ3n) is 4.39. The summed E-state index contributed by atoms with van der Waals surface area (Å²) in [6.07, 6.45) is 3.34. The van der Waals surface area contributed by atoms with Crippen LogP contribution in [0.4, 0.5) is 0 Å². The van der Waals surface area contributed by atoms with Crippen LogP contribution in [0.2, 0.25) is 0 Å². The molecule has 1 aromatic heterocycles. The van der Waals surface area contributed by atoms with Gasteiger partial charge in [-0.15, -0.1) is 0 Å². The summed E-state index contributed by atoms with van der Waals surface area (Å²) in [5.41, 5.74) is 0.103. The first-order valence-corrected chi connectivity index (χ1v) is 7.27. The zero-order chi connectivity index (χ0) is 14.4. The van der Waals surface area contributed by atoms with Crippen molar-refractivity contribution in [3.05, 3.63) is 11.7 Å². The number of carbonyl (C=O) groups excluding carboxylic acids is 1. The maximum Gasteiger partial charge on any atom is 0.315 e. The van der Waals surface area contributed by atoms with E-state index in [2.05, 4.69) is 20.8 Å². The van der Waals surface area contributed by atoms with Crippen LogP contribution in [0.25, 0.3) is 0 Å². The fraction of sp³-hybridized carbons (Fsp3) is 0.786. The van der Waals surface area contributed by atoms with Gasteiger partial charge in [-0.25, -0.2) is 0 Å². The zero-order valence-corrected chi connectivity index (χ0v) is 12.3. The van der Waals surface area contributed by atoms with Gasteiger partial charge >= 0.3 is 11.8 Å². The van der Waals surface area contributed by atoms with Gasteiger partial charge in [0.1, 0.15) is 0 Å². The topological polar surface area (TPSA) is 80.0 Å². The van der Waals surface area contributed by atoms with E-state index < -0.39 is 0 Å². The van der Waals surface area contributed by atoms with Gasteiger partial charge in [0.25, 0.3) is 0 Å². The van der Waals surface area contributed by atoms with Crippen molar-refractivity contribution < 1.29 is 9.32 Å². The minimum absolute atomic E-state index is 0.0749. The van der Waals surface area contributed by atoms with E-state index in [0.717, 1.165) is 32.4 Å². The summed E-state index contributed by atoms with van der Waals surface area (Å²) in [6.45, 7) is 8.06. The van der Waals surface area contributed by atoms with E-state index in [1.807, 2.05) is 20.8 Å². The third-order valence-corrected chi connectivity index (χ3v) is 4.39. The quantitative estimate of drug-likeness (QED) is 0.850. The number of nitrogens with zero attached hydrogens (tertiary/aromatic N) is 2. The van der Waals surface area contributed by atoms with E-state index in [4.69, 9.17) is 4.52 Å². The molecule has 0 aromatic carbocycles. The average Bonchev–Trinajstić information content (AvgIpc) is 2.85. The Morgan fingerprint density at radius 1 is 1.40 bits per heavy atom. The van der Waals surface area contributed by atoms with Crippen LogP contribution in [-0.4, -0.2) is 35.2 Å². The van der Waals surface area contributed by atoms with Gasteiger partial charge < -0.3 is 15.2 Å². The Morgan fingerprint density at radius 2 is 2.10 bits per heavy atom. The first kappa shape index (κ1) is 13.5. The summed E-state index contributed by atoms with van der Waals surface area (Å²) < 4.78 is 5.07. The number of carbonyl (C=O) groups is 1. The molecule has 1 aromatic rings. The fourth-order valence-corrected chi connectivity index (χ4v) is 2.87. The lowest BCUT2D eigenvalue weighted by Gasteiger charge is -2.23. The molecule has 2 fully saturated rings. The smallest absolute Gasteiger partial charge is 0.315 e. The van der Waals surface area contributed by atoms with Crippen molar-refractivity contribution in [1.29, 1.82) is 0 Å². The van der Waals surface area contributed by atoms with Crippen molar-refractivity contribution in [3.8, 4) is 0 Å². The van der Waals surface area contributed by atoms with Gasteiger partial charge in [0, 0.05) is 11.5 Å². The second-order valence-corrected chi connectivity index (χ2v) is 7.02. The molecule has 2 heterocycles. The molecule has 3 rings (SSSR count). The SMILES string of the molecule is CC(C)(C)c1noc(C(=O)NC2CC23CCNCC3)n1. The summed E-state index contributed by atoms with van der Waals surface area (Å²) in [7, 11) is 0. The van der Waals surface area contributed by atoms with Gasteiger partial charge in [-0.1, -0.05) is 25.9 Å². The molecule has 1 spiro atoms. The van der Waals surface area contributed by atoms with Gasteiger partial charge in [-0.3, -0.25) is 4.79 Å². The highest BCUT2D eigenvalue weighted by Crippen LogP contribution is 2.52. The van der Waals surface area contributed by atoms with Crippen molar-refractivity contribution >= 4 is 5.91 Å². The molecule has 0 radical (unpaired) electrons. The predicted octanol–water partition coefficient (Wildman–Crippen LogP) is 1.24. The highest BCUT2D eigenvalue weighted by Gasteiger charge is 2.54. The van der Waals surface area contributed by atoms with E-state index >= 15 is 0 Å². The van der Waals surface area contributed by atoms with Crippen LogP contribution in [0.3, 0.4) is 0 Å². The molecule has 1 saturated carbocycles. The number of hydrogen-bond donors (Lipinski definition) is 2. The van der Waals surface area contributed by atoms with Crippen LogP contribution >= 0.6 is 0 Å². The molecule has 1 aliphatic heterocycles. The minimum Gasteiger partial charge on any atom is -0.345 e. The molecule has 20 heavy (non-hydrogen) atoms. The van der Waals surface area contributed by atoms with Gasteiger partial charge in [0.15, 0.2) is 5.82 Å². The van der Waals surface area contributed by atoms with Crippen molar-refractivity contribution in [1.82, 2.24) is 20.8 Å². The molecular weight excluding hydrogens is 256 g/mol. The summed E-state index contributed by atoms with van der Waals surface area (Å²) in [5, 5.41) is 10.3. The van der Waals surface area contributed by atoms with Gasteiger partial charge in [-0.05, 0) is 37.8 Å². The van der Waals surface area contributed by atoms with Crippen LogP contribution in [0.5, 0.6) is 0 Å². The number of nitrogens with one attached hydrogen (secondary N) is 2. The maximum absolute atomic E-state index is 12.1. The molecule has 1 unspecified atom stereocenters. The number of rotatable bonds is 2. The standard InChI is InChI=1S/C14H22N4O2/c1-13(2,3)12-17-11(20-18-12)10(19)16-9-8-14(9)4-6-15-7-5-14/h9,15H,4-8H2,1-3H3,(H,16,19). The first-order valence-electron chi connectivity index (χ1n) is 7.27. The van der Waals surface area contributed by atoms with Gasteiger partial charge in [-0.2, -0.15) is 4.98 Å². The van der Waals surface area contributed by atoms with Crippen molar-refractivity contribution in [2.75, 3.05) is 13.1 Å². The first-order chi connectivity index (χ1) is 9.41. The van der Waals surface area contributed by atoms with E-state index in [1.165, 1.54) is 0 Å².